The molecule has 6 heteroatoms. The minimum absolute atomic E-state index is 0.238. The van der Waals surface area contributed by atoms with E-state index in [-0.39, 0.29) is 6.61 Å². The highest BCUT2D eigenvalue weighted by molar-refractivity contribution is 14.1. The van der Waals surface area contributed by atoms with Crippen LogP contribution >= 0.6 is 22.6 Å². The van der Waals surface area contributed by atoms with E-state index in [1.54, 1.807) is 6.07 Å². The van der Waals surface area contributed by atoms with Crippen molar-refractivity contribution in [2.45, 2.75) is 6.61 Å². The average molecular weight is 355 g/mol. The summed E-state index contributed by atoms with van der Waals surface area (Å²) in [5, 5.41) is 10.1. The van der Waals surface area contributed by atoms with Crippen molar-refractivity contribution in [1.29, 1.82) is 0 Å². The van der Waals surface area contributed by atoms with Crippen LogP contribution in [-0.4, -0.2) is 16.3 Å². The monoisotopic (exact) mass is 355 g/mol. The number of anilines is 1. The minimum atomic E-state index is -0.511. The van der Waals surface area contributed by atoms with Crippen molar-refractivity contribution in [3.8, 4) is 0 Å². The Morgan fingerprint density at radius 3 is 2.83 bits per heavy atom. The van der Waals surface area contributed by atoms with Gasteiger partial charge in [-0.15, -0.1) is 5.10 Å². The van der Waals surface area contributed by atoms with Crippen LogP contribution in [0, 0.1) is 3.70 Å². The molecule has 0 atom stereocenters. The van der Waals surface area contributed by atoms with Crippen LogP contribution in [0.2, 0.25) is 0 Å². The molecule has 1 amide bonds. The summed E-state index contributed by atoms with van der Waals surface area (Å²) >= 11 is 2.02. The third kappa shape index (κ3) is 3.95. The molecule has 0 saturated heterocycles. The number of halogens is 1. The predicted molar refractivity (Wildman–Crippen MR) is 75.0 cm³/mol. The van der Waals surface area contributed by atoms with Crippen LogP contribution in [0.25, 0.3) is 0 Å². The Morgan fingerprint density at radius 1 is 1.33 bits per heavy atom. The predicted octanol–water partition coefficient (Wildman–Crippen LogP) is 2.83. The molecule has 0 unspecified atom stereocenters. The lowest BCUT2D eigenvalue weighted by molar-refractivity contribution is 0.155. The van der Waals surface area contributed by atoms with Crippen LogP contribution in [0.15, 0.2) is 42.6 Å². The summed E-state index contributed by atoms with van der Waals surface area (Å²) in [5.74, 6) is 0. The molecule has 5 nitrogen and oxygen atoms in total. The van der Waals surface area contributed by atoms with E-state index >= 15 is 0 Å². The van der Waals surface area contributed by atoms with E-state index in [4.69, 9.17) is 4.74 Å². The van der Waals surface area contributed by atoms with Crippen molar-refractivity contribution >= 4 is 34.4 Å². The fourth-order valence-corrected chi connectivity index (χ4v) is 1.75. The molecular formula is C12H10IN3O2. The maximum Gasteiger partial charge on any atom is 0.412 e. The van der Waals surface area contributed by atoms with Gasteiger partial charge < -0.3 is 4.74 Å². The third-order valence-corrected chi connectivity index (χ3v) is 2.61. The molecule has 0 aliphatic heterocycles. The summed E-state index contributed by atoms with van der Waals surface area (Å²) in [6, 6.07) is 11.2. The zero-order valence-electron chi connectivity index (χ0n) is 9.34. The van der Waals surface area contributed by atoms with Crippen LogP contribution in [0.4, 0.5) is 10.5 Å². The van der Waals surface area contributed by atoms with Crippen molar-refractivity contribution in [3.63, 3.8) is 0 Å². The van der Waals surface area contributed by atoms with Gasteiger partial charge in [0, 0.05) is 0 Å². The topological polar surface area (TPSA) is 64.1 Å². The number of benzene rings is 1. The lowest BCUT2D eigenvalue weighted by Crippen LogP contribution is -2.14. The van der Waals surface area contributed by atoms with Gasteiger partial charge in [0.25, 0.3) is 0 Å². The number of amides is 1. The fraction of sp³-hybridized carbons (Fsp3) is 0.0833. The minimum Gasteiger partial charge on any atom is -0.444 e. The molecular weight excluding hydrogens is 345 g/mol. The van der Waals surface area contributed by atoms with E-state index in [9.17, 15) is 4.79 Å². The van der Waals surface area contributed by atoms with Gasteiger partial charge in [-0.1, -0.05) is 30.3 Å². The molecule has 18 heavy (non-hydrogen) atoms. The Hall–Kier alpha value is -1.70. The molecule has 1 heterocycles. The first kappa shape index (κ1) is 12.7. The Kier molecular flexibility index (Phi) is 4.46. The Balaban J connectivity index is 1.86. The lowest BCUT2D eigenvalue weighted by Gasteiger charge is -2.06. The zero-order chi connectivity index (χ0) is 12.8. The van der Waals surface area contributed by atoms with Crippen LogP contribution < -0.4 is 5.32 Å². The fourth-order valence-electron chi connectivity index (χ4n) is 1.29. The molecule has 0 aliphatic rings. The molecule has 0 radical (unpaired) electrons. The molecule has 1 aromatic heterocycles. The number of ether oxygens (including phenoxy) is 1. The van der Waals surface area contributed by atoms with E-state index in [1.807, 2.05) is 52.9 Å². The highest BCUT2D eigenvalue weighted by Gasteiger charge is 2.04. The van der Waals surface area contributed by atoms with E-state index in [0.717, 1.165) is 5.56 Å². The van der Waals surface area contributed by atoms with Crippen molar-refractivity contribution in [2.75, 3.05) is 5.32 Å². The van der Waals surface area contributed by atoms with Crippen LogP contribution in [0.1, 0.15) is 5.56 Å². The smallest absolute Gasteiger partial charge is 0.412 e. The Bertz CT molecular complexity index is 534. The number of carbonyl (C=O) groups is 1. The van der Waals surface area contributed by atoms with E-state index < -0.39 is 6.09 Å². The standard InChI is InChI=1S/C12H10IN3O2/c13-11-6-10(7-14-16-11)15-12(17)18-8-9-4-2-1-3-5-9/h1-7H,8H2,(H,15,16,17). The van der Waals surface area contributed by atoms with Crippen LogP contribution in [0.5, 0.6) is 0 Å². The summed E-state index contributed by atoms with van der Waals surface area (Å²) < 4.78 is 5.77. The first-order chi connectivity index (χ1) is 8.74. The van der Waals surface area contributed by atoms with Crippen molar-refractivity contribution in [1.82, 2.24) is 10.2 Å². The van der Waals surface area contributed by atoms with E-state index in [1.165, 1.54) is 6.20 Å². The summed E-state index contributed by atoms with van der Waals surface area (Å²) in [5.41, 5.74) is 1.50. The Labute approximate surface area is 118 Å². The van der Waals surface area contributed by atoms with Gasteiger partial charge in [-0.2, -0.15) is 5.10 Å². The number of nitrogens with one attached hydrogen (secondary N) is 1. The molecule has 2 rings (SSSR count). The van der Waals surface area contributed by atoms with Gasteiger partial charge in [0.05, 0.1) is 11.9 Å². The molecule has 0 aliphatic carbocycles. The number of nitrogens with zero attached hydrogens (tertiary/aromatic N) is 2. The number of hydrogen-bond acceptors (Lipinski definition) is 4. The van der Waals surface area contributed by atoms with Gasteiger partial charge in [-0.3, -0.25) is 5.32 Å². The summed E-state index contributed by atoms with van der Waals surface area (Å²) in [7, 11) is 0. The normalized spacial score (nSPS) is 9.83. The summed E-state index contributed by atoms with van der Waals surface area (Å²) in [4.78, 5) is 11.5. The van der Waals surface area contributed by atoms with Crippen LogP contribution in [-0.2, 0) is 11.3 Å². The van der Waals surface area contributed by atoms with Crippen molar-refractivity contribution < 1.29 is 9.53 Å². The summed E-state index contributed by atoms with van der Waals surface area (Å²) in [6.45, 7) is 0.238. The molecule has 1 N–H and O–H groups in total. The third-order valence-electron chi connectivity index (χ3n) is 2.08. The largest absolute Gasteiger partial charge is 0.444 e. The first-order valence-corrected chi connectivity index (χ1v) is 6.28. The van der Waals surface area contributed by atoms with Crippen LogP contribution in [0.3, 0.4) is 0 Å². The van der Waals surface area contributed by atoms with Gasteiger partial charge >= 0.3 is 6.09 Å². The van der Waals surface area contributed by atoms with Crippen molar-refractivity contribution in [2.24, 2.45) is 0 Å². The molecule has 0 saturated carbocycles. The number of carbonyl (C=O) groups excluding carboxylic acids is 1. The van der Waals surface area contributed by atoms with Gasteiger partial charge in [-0.25, -0.2) is 4.79 Å². The van der Waals surface area contributed by atoms with E-state index in [0.29, 0.717) is 9.39 Å². The van der Waals surface area contributed by atoms with Gasteiger partial charge in [-0.05, 0) is 34.2 Å². The zero-order valence-corrected chi connectivity index (χ0v) is 11.5. The molecule has 1 aromatic carbocycles. The highest BCUT2D eigenvalue weighted by atomic mass is 127. The lowest BCUT2D eigenvalue weighted by atomic mass is 10.2. The molecule has 2 aromatic rings. The maximum atomic E-state index is 11.5. The molecule has 0 bridgehead atoms. The first-order valence-electron chi connectivity index (χ1n) is 5.20. The van der Waals surface area contributed by atoms with Gasteiger partial charge in [0.15, 0.2) is 0 Å². The second-order valence-corrected chi connectivity index (χ2v) is 4.56. The SMILES string of the molecule is O=C(Nc1cnnc(I)c1)OCc1ccccc1. The average Bonchev–Trinajstić information content (AvgIpc) is 2.38. The maximum absolute atomic E-state index is 11.5. The van der Waals surface area contributed by atoms with Gasteiger partial charge in [0.1, 0.15) is 10.3 Å². The molecule has 0 spiro atoms. The number of hydrogen-bond donors (Lipinski definition) is 1. The van der Waals surface area contributed by atoms with Gasteiger partial charge in [0.2, 0.25) is 0 Å². The van der Waals surface area contributed by atoms with E-state index in [2.05, 4.69) is 15.5 Å². The number of aromatic nitrogens is 2. The second-order valence-electron chi connectivity index (χ2n) is 3.45. The summed E-state index contributed by atoms with van der Waals surface area (Å²) in [6.07, 6.45) is 0.953. The quantitative estimate of drug-likeness (QED) is 0.860. The molecule has 0 fully saturated rings. The highest BCUT2D eigenvalue weighted by Crippen LogP contribution is 2.09. The van der Waals surface area contributed by atoms with Crippen molar-refractivity contribution in [3.05, 3.63) is 51.9 Å². The second kappa shape index (κ2) is 6.29. The number of rotatable bonds is 3. The Morgan fingerprint density at radius 2 is 2.11 bits per heavy atom. The molecule has 92 valence electrons.